The molecule has 0 aliphatic carbocycles. The molecule has 0 unspecified atom stereocenters. The third-order valence-electron chi connectivity index (χ3n) is 4.41. The van der Waals surface area contributed by atoms with Crippen LogP contribution < -0.4 is 4.74 Å². The predicted molar refractivity (Wildman–Crippen MR) is 96.4 cm³/mol. The molecule has 2 aromatic rings. The Morgan fingerprint density at radius 2 is 1.61 bits per heavy atom. The maximum atomic E-state index is 12.5. The number of rotatable bonds is 6. The second kappa shape index (κ2) is 9.13. The maximum Gasteiger partial charge on any atom is 0.342 e. The van der Waals surface area contributed by atoms with E-state index in [9.17, 15) is 25.2 Å². The lowest BCUT2D eigenvalue weighted by atomic mass is 9.99. The van der Waals surface area contributed by atoms with Crippen LogP contribution in [0.25, 0.3) is 0 Å². The van der Waals surface area contributed by atoms with Gasteiger partial charge < -0.3 is 34.6 Å². The fraction of sp³-hybridized carbons (Fsp3) is 0.350. The van der Waals surface area contributed by atoms with Crippen LogP contribution in [0.4, 0.5) is 0 Å². The molecule has 8 nitrogen and oxygen atoms in total. The molecule has 5 atom stereocenters. The van der Waals surface area contributed by atoms with Gasteiger partial charge in [0.1, 0.15) is 42.3 Å². The molecule has 0 bridgehead atoms. The van der Waals surface area contributed by atoms with E-state index < -0.39 is 43.3 Å². The average Bonchev–Trinajstić information content (AvgIpc) is 2.73. The number of esters is 1. The highest BCUT2D eigenvalue weighted by atomic mass is 16.7. The molecule has 1 heterocycles. The minimum atomic E-state index is -1.58. The van der Waals surface area contributed by atoms with E-state index in [1.807, 2.05) is 30.3 Å². The molecule has 0 spiro atoms. The van der Waals surface area contributed by atoms with Crippen molar-refractivity contribution >= 4 is 5.97 Å². The number of carbonyl (C=O) groups is 1. The van der Waals surface area contributed by atoms with E-state index in [-0.39, 0.29) is 17.9 Å². The van der Waals surface area contributed by atoms with E-state index in [0.29, 0.717) is 0 Å². The normalized spacial score (nSPS) is 27.2. The number of hydrogen-bond donors (Lipinski definition) is 4. The summed E-state index contributed by atoms with van der Waals surface area (Å²) in [6, 6.07) is 15.4. The maximum absolute atomic E-state index is 12.5. The van der Waals surface area contributed by atoms with Crippen molar-refractivity contribution in [1.82, 2.24) is 0 Å². The van der Waals surface area contributed by atoms with Crippen LogP contribution in [0.15, 0.2) is 54.6 Å². The number of carbonyl (C=O) groups excluding carboxylic acids is 1. The third-order valence-corrected chi connectivity index (χ3v) is 4.41. The first-order valence-electron chi connectivity index (χ1n) is 8.78. The fourth-order valence-corrected chi connectivity index (χ4v) is 2.83. The van der Waals surface area contributed by atoms with E-state index in [2.05, 4.69) is 0 Å². The summed E-state index contributed by atoms with van der Waals surface area (Å²) >= 11 is 0. The Balaban J connectivity index is 1.72. The molecule has 0 aromatic heterocycles. The molecule has 4 N–H and O–H groups in total. The monoisotopic (exact) mass is 390 g/mol. The van der Waals surface area contributed by atoms with Crippen molar-refractivity contribution in [2.24, 2.45) is 0 Å². The SMILES string of the molecule is O=C(OCc1ccccc1)c1ccccc1O[C@@H]1O[C@H](CO)[C@@H](O)[C@H](O)[C@H]1O. The number of benzene rings is 2. The molecule has 0 amide bonds. The first kappa shape index (κ1) is 20.2. The van der Waals surface area contributed by atoms with Crippen LogP contribution >= 0.6 is 0 Å². The minimum absolute atomic E-state index is 0.0740. The second-order valence-corrected chi connectivity index (χ2v) is 6.37. The molecule has 2 aromatic carbocycles. The standard InChI is InChI=1S/C20H22O8/c21-10-15-16(22)17(23)18(24)20(28-15)27-14-9-5-4-8-13(14)19(25)26-11-12-6-2-1-3-7-12/h1-9,15-18,20-24H,10-11H2/t15-,16-,17+,18-,20-/m1/s1. The molecule has 3 rings (SSSR count). The Kier molecular flexibility index (Phi) is 6.61. The van der Waals surface area contributed by atoms with Gasteiger partial charge in [0.15, 0.2) is 0 Å². The van der Waals surface area contributed by atoms with Gasteiger partial charge >= 0.3 is 5.97 Å². The lowest BCUT2D eigenvalue weighted by molar-refractivity contribution is -0.277. The molecule has 1 fully saturated rings. The lowest BCUT2D eigenvalue weighted by Crippen LogP contribution is -2.60. The summed E-state index contributed by atoms with van der Waals surface area (Å²) in [5.41, 5.74) is 0.929. The molecule has 1 aliphatic heterocycles. The van der Waals surface area contributed by atoms with Crippen LogP contribution in [0.3, 0.4) is 0 Å². The van der Waals surface area contributed by atoms with Crippen LogP contribution in [0.5, 0.6) is 5.75 Å². The first-order valence-corrected chi connectivity index (χ1v) is 8.78. The summed E-state index contributed by atoms with van der Waals surface area (Å²) in [6.07, 6.45) is -7.15. The van der Waals surface area contributed by atoms with Gasteiger partial charge in [-0.05, 0) is 17.7 Å². The second-order valence-electron chi connectivity index (χ2n) is 6.37. The van der Waals surface area contributed by atoms with Crippen LogP contribution in [0.1, 0.15) is 15.9 Å². The van der Waals surface area contributed by atoms with Gasteiger partial charge in [0.05, 0.1) is 6.61 Å². The molecular formula is C20H22O8. The number of hydrogen-bond acceptors (Lipinski definition) is 8. The number of ether oxygens (including phenoxy) is 3. The van der Waals surface area contributed by atoms with Crippen molar-refractivity contribution in [2.45, 2.75) is 37.3 Å². The van der Waals surface area contributed by atoms with Gasteiger partial charge in [0.2, 0.25) is 6.29 Å². The summed E-state index contributed by atoms with van der Waals surface area (Å²) in [5, 5.41) is 39.1. The highest BCUT2D eigenvalue weighted by Gasteiger charge is 2.45. The predicted octanol–water partition coefficient (Wildman–Crippen LogP) is 0.222. The van der Waals surface area contributed by atoms with Gasteiger partial charge in [0, 0.05) is 0 Å². The largest absolute Gasteiger partial charge is 0.461 e. The smallest absolute Gasteiger partial charge is 0.342 e. The highest BCUT2D eigenvalue weighted by Crippen LogP contribution is 2.27. The zero-order valence-corrected chi connectivity index (χ0v) is 14.9. The summed E-state index contributed by atoms with van der Waals surface area (Å²) in [7, 11) is 0. The van der Waals surface area contributed by atoms with Gasteiger partial charge in [-0.2, -0.15) is 0 Å². The topological polar surface area (TPSA) is 126 Å². The van der Waals surface area contributed by atoms with E-state index in [1.54, 1.807) is 12.1 Å². The third kappa shape index (κ3) is 4.49. The van der Waals surface area contributed by atoms with Crippen LogP contribution in [0.2, 0.25) is 0 Å². The van der Waals surface area contributed by atoms with Gasteiger partial charge in [-0.15, -0.1) is 0 Å². The summed E-state index contributed by atoms with van der Waals surface area (Å²) in [5.74, 6) is -0.561. The molecule has 150 valence electrons. The molecule has 0 radical (unpaired) electrons. The molecule has 28 heavy (non-hydrogen) atoms. The molecule has 1 saturated heterocycles. The van der Waals surface area contributed by atoms with Crippen LogP contribution in [-0.4, -0.2) is 63.7 Å². The van der Waals surface area contributed by atoms with E-state index in [1.165, 1.54) is 12.1 Å². The summed E-state index contributed by atoms with van der Waals surface area (Å²) in [6.45, 7) is -0.500. The van der Waals surface area contributed by atoms with Gasteiger partial charge in [0.25, 0.3) is 0 Å². The zero-order valence-electron chi connectivity index (χ0n) is 14.9. The Morgan fingerprint density at radius 1 is 0.929 bits per heavy atom. The van der Waals surface area contributed by atoms with Crippen LogP contribution in [-0.2, 0) is 16.1 Å². The molecule has 8 heteroatoms. The van der Waals surface area contributed by atoms with Crippen molar-refractivity contribution < 1.29 is 39.4 Å². The van der Waals surface area contributed by atoms with Crippen LogP contribution in [0, 0.1) is 0 Å². The van der Waals surface area contributed by atoms with Crippen molar-refractivity contribution in [3.05, 3.63) is 65.7 Å². The number of aliphatic hydroxyl groups is 4. The van der Waals surface area contributed by atoms with Crippen molar-refractivity contribution in [1.29, 1.82) is 0 Å². The van der Waals surface area contributed by atoms with Crippen molar-refractivity contribution in [3.8, 4) is 5.75 Å². The Morgan fingerprint density at radius 3 is 2.32 bits per heavy atom. The molecule has 1 aliphatic rings. The van der Waals surface area contributed by atoms with Gasteiger partial charge in [-0.3, -0.25) is 0 Å². The molecular weight excluding hydrogens is 368 g/mol. The number of aliphatic hydroxyl groups excluding tert-OH is 4. The Labute approximate surface area is 161 Å². The van der Waals surface area contributed by atoms with E-state index >= 15 is 0 Å². The minimum Gasteiger partial charge on any atom is -0.461 e. The summed E-state index contributed by atoms with van der Waals surface area (Å²) < 4.78 is 16.2. The van der Waals surface area contributed by atoms with Crippen molar-refractivity contribution in [3.63, 3.8) is 0 Å². The van der Waals surface area contributed by atoms with Gasteiger partial charge in [-0.25, -0.2) is 4.79 Å². The number of para-hydroxylation sites is 1. The quantitative estimate of drug-likeness (QED) is 0.516. The Hall–Kier alpha value is -2.49. The van der Waals surface area contributed by atoms with Crippen molar-refractivity contribution in [2.75, 3.05) is 6.61 Å². The lowest BCUT2D eigenvalue weighted by Gasteiger charge is -2.39. The van der Waals surface area contributed by atoms with E-state index in [4.69, 9.17) is 14.2 Å². The molecule has 0 saturated carbocycles. The average molecular weight is 390 g/mol. The summed E-state index contributed by atoms with van der Waals surface area (Å²) in [4.78, 5) is 12.5. The Bertz CT molecular complexity index is 779. The zero-order chi connectivity index (χ0) is 20.1. The highest BCUT2D eigenvalue weighted by molar-refractivity contribution is 5.92. The van der Waals surface area contributed by atoms with E-state index in [0.717, 1.165) is 5.56 Å². The fourth-order valence-electron chi connectivity index (χ4n) is 2.83. The first-order chi connectivity index (χ1) is 13.5. The van der Waals surface area contributed by atoms with Gasteiger partial charge in [-0.1, -0.05) is 42.5 Å².